The zero-order valence-corrected chi connectivity index (χ0v) is 12.5. The van der Waals surface area contributed by atoms with Crippen LogP contribution >= 0.6 is 11.6 Å². The number of hydrogen-bond donors (Lipinski definition) is 1. The van der Waals surface area contributed by atoms with Gasteiger partial charge in [0, 0.05) is 18.4 Å². The lowest BCUT2D eigenvalue weighted by Crippen LogP contribution is -2.06. The third-order valence-electron chi connectivity index (χ3n) is 3.28. The molecule has 20 heavy (non-hydrogen) atoms. The Kier molecular flexibility index (Phi) is 4.76. The van der Waals surface area contributed by atoms with Gasteiger partial charge in [0.15, 0.2) is 11.5 Å². The Balaban J connectivity index is 2.48. The van der Waals surface area contributed by atoms with Gasteiger partial charge in [-0.3, -0.25) is 4.79 Å². The van der Waals surface area contributed by atoms with E-state index in [9.17, 15) is 4.79 Å². The molecule has 0 aliphatic carbocycles. The summed E-state index contributed by atoms with van der Waals surface area (Å²) in [5, 5.41) is 9.36. The number of rotatable bonds is 4. The second-order valence-electron chi connectivity index (χ2n) is 5.19. The molecule has 1 heterocycles. The molecule has 1 aliphatic rings. The first kappa shape index (κ1) is 15.0. The molecule has 0 bridgehead atoms. The van der Waals surface area contributed by atoms with Crippen molar-refractivity contribution < 1.29 is 19.4 Å². The van der Waals surface area contributed by atoms with Gasteiger partial charge in [0.25, 0.3) is 0 Å². The molecule has 2 rings (SSSR count). The molecule has 1 aromatic carbocycles. The molecule has 1 aromatic rings. The highest BCUT2D eigenvalue weighted by Crippen LogP contribution is 2.44. The van der Waals surface area contributed by atoms with E-state index in [0.29, 0.717) is 36.2 Å². The molecule has 0 atom stereocenters. The van der Waals surface area contributed by atoms with E-state index in [2.05, 4.69) is 13.8 Å². The highest BCUT2D eigenvalue weighted by molar-refractivity contribution is 6.32. The zero-order chi connectivity index (χ0) is 14.7. The number of carboxylic acid groups (broad SMARTS) is 1. The molecule has 0 saturated heterocycles. The highest BCUT2D eigenvalue weighted by Gasteiger charge is 2.23. The van der Waals surface area contributed by atoms with Crippen LogP contribution in [0.4, 0.5) is 0 Å². The first-order chi connectivity index (χ1) is 9.50. The number of ether oxygens (including phenoxy) is 2. The second-order valence-corrected chi connectivity index (χ2v) is 5.60. The van der Waals surface area contributed by atoms with Crippen molar-refractivity contribution in [2.24, 2.45) is 0 Å². The topological polar surface area (TPSA) is 55.8 Å². The van der Waals surface area contributed by atoms with Gasteiger partial charge in [0.05, 0.1) is 18.2 Å². The maximum absolute atomic E-state index is 10.8. The SMILES string of the molecule is CC(C)c1c(CCC(=O)O)cc(Cl)c2c1OCCCO2. The van der Waals surface area contributed by atoms with Gasteiger partial charge in [-0.2, -0.15) is 0 Å². The Morgan fingerprint density at radius 1 is 1.35 bits per heavy atom. The van der Waals surface area contributed by atoms with Crippen molar-refractivity contribution in [3.8, 4) is 11.5 Å². The monoisotopic (exact) mass is 298 g/mol. The molecular weight excluding hydrogens is 280 g/mol. The number of hydrogen-bond acceptors (Lipinski definition) is 3. The van der Waals surface area contributed by atoms with E-state index >= 15 is 0 Å². The van der Waals surface area contributed by atoms with E-state index in [1.54, 1.807) is 0 Å². The van der Waals surface area contributed by atoms with E-state index < -0.39 is 5.97 Å². The predicted octanol–water partition coefficient (Wildman–Crippen LogP) is 3.64. The summed E-state index contributed by atoms with van der Waals surface area (Å²) in [6.07, 6.45) is 1.34. The molecule has 0 fully saturated rings. The summed E-state index contributed by atoms with van der Waals surface area (Å²) in [6.45, 7) is 5.29. The molecule has 110 valence electrons. The van der Waals surface area contributed by atoms with Gasteiger partial charge in [-0.25, -0.2) is 0 Å². The third kappa shape index (κ3) is 3.18. The second kappa shape index (κ2) is 6.35. The summed E-state index contributed by atoms with van der Waals surface area (Å²) in [6, 6.07) is 1.81. The fourth-order valence-corrected chi connectivity index (χ4v) is 2.71. The molecule has 0 spiro atoms. The average molecular weight is 299 g/mol. The zero-order valence-electron chi connectivity index (χ0n) is 11.7. The highest BCUT2D eigenvalue weighted by atomic mass is 35.5. The molecule has 0 saturated carbocycles. The minimum Gasteiger partial charge on any atom is -0.489 e. The van der Waals surface area contributed by atoms with Crippen LogP contribution in [0.5, 0.6) is 11.5 Å². The van der Waals surface area contributed by atoms with E-state index in [1.165, 1.54) is 0 Å². The van der Waals surface area contributed by atoms with E-state index in [4.69, 9.17) is 26.2 Å². The summed E-state index contributed by atoms with van der Waals surface area (Å²) in [4.78, 5) is 10.8. The smallest absolute Gasteiger partial charge is 0.303 e. The molecule has 4 nitrogen and oxygen atoms in total. The maximum atomic E-state index is 10.8. The van der Waals surface area contributed by atoms with Gasteiger partial charge < -0.3 is 14.6 Å². The van der Waals surface area contributed by atoms with Gasteiger partial charge >= 0.3 is 5.97 Å². The van der Waals surface area contributed by atoms with Crippen molar-refractivity contribution in [1.29, 1.82) is 0 Å². The summed E-state index contributed by atoms with van der Waals surface area (Å²) in [7, 11) is 0. The number of aryl methyl sites for hydroxylation is 1. The van der Waals surface area contributed by atoms with E-state index in [-0.39, 0.29) is 12.3 Å². The standard InChI is InChI=1S/C15H19ClO4/c1-9(2)13-10(4-5-12(17)18)8-11(16)14-15(13)20-7-3-6-19-14/h8-9H,3-7H2,1-2H3,(H,17,18). The van der Waals surface area contributed by atoms with Crippen molar-refractivity contribution in [3.05, 3.63) is 22.2 Å². The lowest BCUT2D eigenvalue weighted by Gasteiger charge is -2.20. The number of aliphatic carboxylic acids is 1. The van der Waals surface area contributed by atoms with Gasteiger partial charge in [-0.15, -0.1) is 0 Å². The lowest BCUT2D eigenvalue weighted by molar-refractivity contribution is -0.136. The van der Waals surface area contributed by atoms with Gasteiger partial charge in [0.1, 0.15) is 0 Å². The Morgan fingerprint density at radius 2 is 2.00 bits per heavy atom. The molecule has 5 heteroatoms. The Morgan fingerprint density at radius 3 is 2.60 bits per heavy atom. The number of halogens is 1. The minimum atomic E-state index is -0.817. The van der Waals surface area contributed by atoms with Crippen LogP contribution in [0.15, 0.2) is 6.07 Å². The summed E-state index contributed by atoms with van der Waals surface area (Å²) >= 11 is 6.26. The normalized spacial score (nSPS) is 14.2. The van der Waals surface area contributed by atoms with Crippen LogP contribution in [0.3, 0.4) is 0 Å². The summed E-state index contributed by atoms with van der Waals surface area (Å²) in [5.74, 6) is 0.673. The van der Waals surface area contributed by atoms with Crippen LogP contribution in [0.1, 0.15) is 43.7 Å². The quantitative estimate of drug-likeness (QED) is 0.922. The first-order valence-electron chi connectivity index (χ1n) is 6.83. The van der Waals surface area contributed by atoms with Crippen molar-refractivity contribution in [2.75, 3.05) is 13.2 Å². The number of carbonyl (C=O) groups is 1. The van der Waals surface area contributed by atoms with Crippen molar-refractivity contribution in [3.63, 3.8) is 0 Å². The molecule has 0 aromatic heterocycles. The Hall–Kier alpha value is -1.42. The molecular formula is C15H19ClO4. The summed E-state index contributed by atoms with van der Waals surface area (Å²) < 4.78 is 11.5. The van der Waals surface area contributed by atoms with Gasteiger partial charge in [-0.05, 0) is 24.0 Å². The van der Waals surface area contributed by atoms with Crippen molar-refractivity contribution in [2.45, 2.75) is 39.0 Å². The van der Waals surface area contributed by atoms with Crippen LogP contribution in [0.25, 0.3) is 0 Å². The van der Waals surface area contributed by atoms with Gasteiger partial charge in [-0.1, -0.05) is 25.4 Å². The lowest BCUT2D eigenvalue weighted by atomic mass is 9.93. The van der Waals surface area contributed by atoms with Crippen LogP contribution in [0, 0.1) is 0 Å². The fourth-order valence-electron chi connectivity index (χ4n) is 2.44. The van der Waals surface area contributed by atoms with Crippen LogP contribution in [-0.2, 0) is 11.2 Å². The predicted molar refractivity (Wildman–Crippen MR) is 77.1 cm³/mol. The van der Waals surface area contributed by atoms with E-state index in [0.717, 1.165) is 17.5 Å². The number of benzene rings is 1. The minimum absolute atomic E-state index is 0.0791. The van der Waals surface area contributed by atoms with Crippen LogP contribution in [0.2, 0.25) is 5.02 Å². The Labute approximate surface area is 123 Å². The van der Waals surface area contributed by atoms with E-state index in [1.807, 2.05) is 6.07 Å². The average Bonchev–Trinajstić information content (AvgIpc) is 2.61. The van der Waals surface area contributed by atoms with Crippen molar-refractivity contribution in [1.82, 2.24) is 0 Å². The number of carboxylic acids is 1. The largest absolute Gasteiger partial charge is 0.489 e. The number of fused-ring (bicyclic) bond motifs is 1. The molecule has 1 N–H and O–H groups in total. The van der Waals surface area contributed by atoms with Crippen molar-refractivity contribution >= 4 is 17.6 Å². The molecule has 0 unspecified atom stereocenters. The molecule has 1 aliphatic heterocycles. The summed E-state index contributed by atoms with van der Waals surface area (Å²) in [5.41, 5.74) is 1.93. The fraction of sp³-hybridized carbons (Fsp3) is 0.533. The Bertz CT molecular complexity index is 511. The third-order valence-corrected chi connectivity index (χ3v) is 3.56. The van der Waals surface area contributed by atoms with Gasteiger partial charge in [0.2, 0.25) is 0 Å². The first-order valence-corrected chi connectivity index (χ1v) is 7.21. The molecule has 0 radical (unpaired) electrons. The van der Waals surface area contributed by atoms with Crippen LogP contribution in [-0.4, -0.2) is 24.3 Å². The van der Waals surface area contributed by atoms with Crippen LogP contribution < -0.4 is 9.47 Å². The maximum Gasteiger partial charge on any atom is 0.303 e. The molecule has 0 amide bonds.